The van der Waals surface area contributed by atoms with Crippen LogP contribution in [0.1, 0.15) is 35.8 Å². The van der Waals surface area contributed by atoms with Crippen LogP contribution in [0.3, 0.4) is 0 Å². The fourth-order valence-corrected chi connectivity index (χ4v) is 2.00. The molecule has 1 heterocycles. The molecule has 0 fully saturated rings. The van der Waals surface area contributed by atoms with Crippen LogP contribution >= 0.6 is 0 Å². The van der Waals surface area contributed by atoms with Gasteiger partial charge in [0.15, 0.2) is 0 Å². The van der Waals surface area contributed by atoms with Gasteiger partial charge in [0.25, 0.3) is 5.91 Å². The summed E-state index contributed by atoms with van der Waals surface area (Å²) < 4.78 is 1.81. The third kappa shape index (κ3) is 3.24. The minimum atomic E-state index is -0.127. The highest BCUT2D eigenvalue weighted by molar-refractivity contribution is 6.05. The molecule has 1 aromatic heterocycles. The maximum absolute atomic E-state index is 12.3. The van der Waals surface area contributed by atoms with Gasteiger partial charge in [-0.2, -0.15) is 5.10 Å². The number of carbonyl (C=O) groups is 1. The van der Waals surface area contributed by atoms with Gasteiger partial charge in [0, 0.05) is 17.8 Å². The zero-order chi connectivity index (χ0) is 14.5. The lowest BCUT2D eigenvalue weighted by Crippen LogP contribution is -2.15. The number of hydrogen-bond acceptors (Lipinski definition) is 3. The van der Waals surface area contributed by atoms with E-state index in [1.807, 2.05) is 44.3 Å². The fraction of sp³-hybridized carbons (Fsp3) is 0.333. The van der Waals surface area contributed by atoms with Gasteiger partial charge < -0.3 is 11.1 Å². The molecule has 0 aliphatic heterocycles. The smallest absolute Gasteiger partial charge is 0.256 e. The zero-order valence-electron chi connectivity index (χ0n) is 11.8. The number of hydrogen-bond donors (Lipinski definition) is 2. The van der Waals surface area contributed by atoms with Crippen LogP contribution in [-0.2, 0) is 6.42 Å². The molecule has 0 atom stereocenters. The summed E-state index contributed by atoms with van der Waals surface area (Å²) >= 11 is 0. The third-order valence-electron chi connectivity index (χ3n) is 3.06. The van der Waals surface area contributed by atoms with Gasteiger partial charge in [0.05, 0.1) is 11.9 Å². The van der Waals surface area contributed by atoms with Crippen LogP contribution in [0.4, 0.5) is 5.69 Å². The summed E-state index contributed by atoms with van der Waals surface area (Å²) in [7, 11) is 0. The molecule has 0 radical (unpaired) electrons. The second kappa shape index (κ2) is 6.34. The summed E-state index contributed by atoms with van der Waals surface area (Å²) in [5, 5.41) is 7.07. The van der Waals surface area contributed by atoms with E-state index in [9.17, 15) is 4.79 Å². The molecule has 0 saturated carbocycles. The number of benzene rings is 1. The third-order valence-corrected chi connectivity index (χ3v) is 3.06. The first-order valence-electron chi connectivity index (χ1n) is 6.75. The van der Waals surface area contributed by atoms with Crippen molar-refractivity contribution in [1.82, 2.24) is 9.78 Å². The second-order valence-corrected chi connectivity index (χ2v) is 4.95. The topological polar surface area (TPSA) is 72.9 Å². The van der Waals surface area contributed by atoms with Crippen molar-refractivity contribution in [2.75, 3.05) is 11.9 Å². The molecule has 1 amide bonds. The Kier molecular flexibility index (Phi) is 4.53. The van der Waals surface area contributed by atoms with Gasteiger partial charge in [-0.05, 0) is 38.4 Å². The zero-order valence-corrected chi connectivity index (χ0v) is 11.8. The molecule has 0 spiro atoms. The first-order chi connectivity index (χ1) is 9.61. The monoisotopic (exact) mass is 272 g/mol. The molecule has 1 aromatic carbocycles. The Hall–Kier alpha value is -2.14. The van der Waals surface area contributed by atoms with Crippen molar-refractivity contribution >= 4 is 11.6 Å². The fourth-order valence-electron chi connectivity index (χ4n) is 2.00. The van der Waals surface area contributed by atoms with E-state index >= 15 is 0 Å². The number of rotatable bonds is 5. The molecule has 106 valence electrons. The normalized spacial score (nSPS) is 10.8. The molecular formula is C15H20N4O. The summed E-state index contributed by atoms with van der Waals surface area (Å²) in [6.07, 6.45) is 4.17. The molecule has 0 bridgehead atoms. The van der Waals surface area contributed by atoms with Crippen LogP contribution in [0.25, 0.3) is 0 Å². The van der Waals surface area contributed by atoms with Crippen molar-refractivity contribution in [2.24, 2.45) is 5.73 Å². The van der Waals surface area contributed by atoms with Gasteiger partial charge in [-0.3, -0.25) is 9.48 Å². The van der Waals surface area contributed by atoms with E-state index in [-0.39, 0.29) is 11.9 Å². The number of nitrogens with zero attached hydrogens (tertiary/aromatic N) is 2. The summed E-state index contributed by atoms with van der Waals surface area (Å²) in [6.45, 7) is 4.60. The van der Waals surface area contributed by atoms with E-state index in [1.54, 1.807) is 10.9 Å². The minimum Gasteiger partial charge on any atom is -0.330 e. The van der Waals surface area contributed by atoms with Crippen molar-refractivity contribution in [2.45, 2.75) is 26.3 Å². The minimum absolute atomic E-state index is 0.127. The van der Waals surface area contributed by atoms with Crippen molar-refractivity contribution in [3.05, 3.63) is 47.8 Å². The lowest BCUT2D eigenvalue weighted by atomic mass is 10.0. The first-order valence-corrected chi connectivity index (χ1v) is 6.75. The second-order valence-electron chi connectivity index (χ2n) is 4.95. The van der Waals surface area contributed by atoms with E-state index in [2.05, 4.69) is 10.4 Å². The molecule has 5 nitrogen and oxygen atoms in total. The van der Waals surface area contributed by atoms with Crippen LogP contribution < -0.4 is 11.1 Å². The summed E-state index contributed by atoms with van der Waals surface area (Å²) in [5.74, 6) is -0.127. The van der Waals surface area contributed by atoms with Crippen LogP contribution in [0, 0.1) is 0 Å². The Morgan fingerprint density at radius 2 is 2.15 bits per heavy atom. The van der Waals surface area contributed by atoms with Gasteiger partial charge >= 0.3 is 0 Å². The van der Waals surface area contributed by atoms with Crippen molar-refractivity contribution in [1.29, 1.82) is 0 Å². The molecule has 3 N–H and O–H groups in total. The van der Waals surface area contributed by atoms with E-state index in [0.29, 0.717) is 24.2 Å². The van der Waals surface area contributed by atoms with Gasteiger partial charge in [0.1, 0.15) is 0 Å². The maximum Gasteiger partial charge on any atom is 0.256 e. The number of nitrogens with one attached hydrogen (secondary N) is 1. The Bertz CT molecular complexity index is 589. The Balaban J connectivity index is 2.15. The van der Waals surface area contributed by atoms with Crippen LogP contribution in [-0.4, -0.2) is 22.2 Å². The van der Waals surface area contributed by atoms with Gasteiger partial charge in [-0.1, -0.05) is 18.2 Å². The van der Waals surface area contributed by atoms with E-state index in [4.69, 9.17) is 5.73 Å². The number of aromatic nitrogens is 2. The molecule has 0 aliphatic carbocycles. The molecule has 0 aliphatic rings. The lowest BCUT2D eigenvalue weighted by Gasteiger charge is -2.08. The lowest BCUT2D eigenvalue weighted by molar-refractivity contribution is 0.102. The van der Waals surface area contributed by atoms with Crippen molar-refractivity contribution < 1.29 is 4.79 Å². The van der Waals surface area contributed by atoms with Crippen LogP contribution in [0.15, 0.2) is 36.7 Å². The standard InChI is InChI=1S/C15H20N4O/c1-11(2)19-10-13(9-17-19)18-15(20)14-6-4-3-5-12(14)7-8-16/h3-6,9-11H,7-8,16H2,1-2H3,(H,18,20). The average Bonchev–Trinajstić information content (AvgIpc) is 2.88. The van der Waals surface area contributed by atoms with Gasteiger partial charge in [0.2, 0.25) is 0 Å². The maximum atomic E-state index is 12.3. The van der Waals surface area contributed by atoms with Crippen molar-refractivity contribution in [3.63, 3.8) is 0 Å². The average molecular weight is 272 g/mol. The molecule has 5 heteroatoms. The molecule has 2 rings (SSSR count). The summed E-state index contributed by atoms with van der Waals surface area (Å²) in [6, 6.07) is 7.78. The Morgan fingerprint density at radius 3 is 2.80 bits per heavy atom. The predicted molar refractivity (Wildman–Crippen MR) is 79.8 cm³/mol. The highest BCUT2D eigenvalue weighted by Crippen LogP contribution is 2.14. The molecule has 20 heavy (non-hydrogen) atoms. The number of nitrogens with two attached hydrogens (primary N) is 1. The number of amides is 1. The van der Waals surface area contributed by atoms with E-state index < -0.39 is 0 Å². The molecule has 0 unspecified atom stereocenters. The van der Waals surface area contributed by atoms with Gasteiger partial charge in [-0.15, -0.1) is 0 Å². The molecular weight excluding hydrogens is 252 g/mol. The highest BCUT2D eigenvalue weighted by Gasteiger charge is 2.11. The number of anilines is 1. The van der Waals surface area contributed by atoms with Gasteiger partial charge in [-0.25, -0.2) is 0 Å². The number of carbonyl (C=O) groups excluding carboxylic acids is 1. The molecule has 0 saturated heterocycles. The molecule has 2 aromatic rings. The SMILES string of the molecule is CC(C)n1cc(NC(=O)c2ccccc2CCN)cn1. The first kappa shape index (κ1) is 14.3. The quantitative estimate of drug-likeness (QED) is 0.876. The Labute approximate surface area is 118 Å². The summed E-state index contributed by atoms with van der Waals surface area (Å²) in [4.78, 5) is 12.3. The van der Waals surface area contributed by atoms with Crippen LogP contribution in [0.5, 0.6) is 0 Å². The Morgan fingerprint density at radius 1 is 1.40 bits per heavy atom. The van der Waals surface area contributed by atoms with E-state index in [0.717, 1.165) is 5.56 Å². The van der Waals surface area contributed by atoms with E-state index in [1.165, 1.54) is 0 Å². The highest BCUT2D eigenvalue weighted by atomic mass is 16.1. The summed E-state index contributed by atoms with van der Waals surface area (Å²) in [5.41, 5.74) is 7.90. The van der Waals surface area contributed by atoms with Crippen LogP contribution in [0.2, 0.25) is 0 Å². The largest absolute Gasteiger partial charge is 0.330 e. The predicted octanol–water partition coefficient (Wildman–Crippen LogP) is 2.22. The van der Waals surface area contributed by atoms with Crippen molar-refractivity contribution in [3.8, 4) is 0 Å².